The first-order chi connectivity index (χ1) is 18.5. The maximum Gasteiger partial charge on any atom is 0.241 e. The van der Waals surface area contributed by atoms with Crippen LogP contribution in [0.4, 0.5) is 5.69 Å². The molecule has 0 N–H and O–H groups in total. The molecule has 4 aromatic rings. The molecule has 3 aliphatic rings. The van der Waals surface area contributed by atoms with Crippen molar-refractivity contribution in [2.45, 2.75) is 11.7 Å². The van der Waals surface area contributed by atoms with Gasteiger partial charge >= 0.3 is 0 Å². The number of carbonyl (C=O) groups excluding carboxylic acids is 4. The molecule has 0 radical (unpaired) electrons. The predicted octanol–water partition coefficient (Wildman–Crippen LogP) is 5.05. The minimum atomic E-state index is -2.07. The van der Waals surface area contributed by atoms with Crippen molar-refractivity contribution in [1.82, 2.24) is 0 Å². The van der Waals surface area contributed by atoms with Gasteiger partial charge in [-0.15, -0.1) is 0 Å². The number of benzene rings is 4. The molecule has 1 aliphatic carbocycles. The van der Waals surface area contributed by atoms with Gasteiger partial charge in [-0.25, -0.2) is 4.90 Å². The van der Waals surface area contributed by atoms with Gasteiger partial charge in [-0.05, 0) is 28.8 Å². The number of hydrogen-bond acceptors (Lipinski definition) is 5. The first-order valence-electron chi connectivity index (χ1n) is 12.5. The Balaban J connectivity index is 1.34. The molecule has 0 saturated carbocycles. The normalized spacial score (nSPS) is 23.3. The third-order valence-electron chi connectivity index (χ3n) is 7.88. The monoisotopic (exact) mass is 499 g/mol. The molecule has 0 aromatic heterocycles. The molecule has 0 bridgehead atoms. The van der Waals surface area contributed by atoms with Crippen LogP contribution in [0.1, 0.15) is 32.4 Å². The Morgan fingerprint density at radius 1 is 0.579 bits per heavy atom. The van der Waals surface area contributed by atoms with Crippen molar-refractivity contribution in [3.63, 3.8) is 0 Å². The molecule has 184 valence electrons. The van der Waals surface area contributed by atoms with E-state index in [2.05, 4.69) is 0 Å². The fourth-order valence-electron chi connectivity index (χ4n) is 6.15. The Morgan fingerprint density at radius 3 is 1.71 bits per heavy atom. The van der Waals surface area contributed by atoms with Gasteiger partial charge < -0.3 is 4.74 Å². The van der Waals surface area contributed by atoms with Gasteiger partial charge in [-0.2, -0.15) is 0 Å². The lowest BCUT2D eigenvalue weighted by atomic mass is 9.77. The van der Waals surface area contributed by atoms with Crippen LogP contribution in [0, 0.1) is 11.8 Å². The van der Waals surface area contributed by atoms with E-state index in [0.29, 0.717) is 11.3 Å². The van der Waals surface area contributed by atoms with E-state index < -0.39 is 46.9 Å². The van der Waals surface area contributed by atoms with Gasteiger partial charge in [0.1, 0.15) is 0 Å². The van der Waals surface area contributed by atoms with E-state index in [1.165, 1.54) is 0 Å². The second kappa shape index (κ2) is 8.16. The number of hydrogen-bond donors (Lipinski definition) is 0. The lowest BCUT2D eigenvalue weighted by Gasteiger charge is -2.27. The van der Waals surface area contributed by atoms with Crippen molar-refractivity contribution in [3.8, 4) is 11.1 Å². The fourth-order valence-corrected chi connectivity index (χ4v) is 6.15. The highest BCUT2D eigenvalue weighted by Gasteiger charge is 2.74. The van der Waals surface area contributed by atoms with Crippen LogP contribution in [0.3, 0.4) is 0 Å². The zero-order chi connectivity index (χ0) is 26.0. The molecule has 2 heterocycles. The first kappa shape index (κ1) is 22.5. The van der Waals surface area contributed by atoms with Gasteiger partial charge in [0.2, 0.25) is 29.0 Å². The van der Waals surface area contributed by atoms with Crippen LogP contribution >= 0.6 is 0 Å². The first-order valence-corrected chi connectivity index (χ1v) is 12.5. The molecule has 1 spiro atoms. The lowest BCUT2D eigenvalue weighted by Crippen LogP contribution is -2.51. The van der Waals surface area contributed by atoms with Crippen molar-refractivity contribution in [3.05, 3.63) is 126 Å². The quantitative estimate of drug-likeness (QED) is 0.291. The number of nitrogens with zero attached hydrogens (tertiary/aromatic N) is 1. The number of fused-ring (bicyclic) bond motifs is 3. The highest BCUT2D eigenvalue weighted by molar-refractivity contribution is 6.37. The van der Waals surface area contributed by atoms with Crippen LogP contribution in [-0.4, -0.2) is 29.0 Å². The number of ether oxygens (including phenoxy) is 1. The van der Waals surface area contributed by atoms with Crippen LogP contribution in [0.2, 0.25) is 0 Å². The number of rotatable bonds is 3. The van der Waals surface area contributed by atoms with Crippen molar-refractivity contribution in [2.24, 2.45) is 11.8 Å². The topological polar surface area (TPSA) is 80.8 Å². The summed E-state index contributed by atoms with van der Waals surface area (Å²) >= 11 is 0. The van der Waals surface area contributed by atoms with Crippen molar-refractivity contribution >= 4 is 29.1 Å². The van der Waals surface area contributed by atoms with E-state index in [-0.39, 0.29) is 11.1 Å². The highest BCUT2D eigenvalue weighted by Crippen LogP contribution is 2.57. The van der Waals surface area contributed by atoms with E-state index >= 15 is 0 Å². The summed E-state index contributed by atoms with van der Waals surface area (Å²) in [4.78, 5) is 56.8. The zero-order valence-electron chi connectivity index (χ0n) is 20.1. The highest BCUT2D eigenvalue weighted by atomic mass is 16.5. The summed E-state index contributed by atoms with van der Waals surface area (Å²) in [5, 5.41) is 0. The minimum absolute atomic E-state index is 0.218. The Labute approximate surface area is 218 Å². The average molecular weight is 500 g/mol. The van der Waals surface area contributed by atoms with Crippen LogP contribution in [0.25, 0.3) is 11.1 Å². The Kier molecular flexibility index (Phi) is 4.84. The summed E-state index contributed by atoms with van der Waals surface area (Å²) in [6.45, 7) is 0. The molecule has 6 heteroatoms. The third-order valence-corrected chi connectivity index (χ3v) is 7.88. The molecule has 2 saturated heterocycles. The number of anilines is 1. The average Bonchev–Trinajstić information content (AvgIpc) is 3.54. The molecule has 7 rings (SSSR count). The molecule has 6 nitrogen and oxygen atoms in total. The SMILES string of the molecule is O=C1[C@H]2[C@H](c3ccccc3)OC3(C(=O)c4ccccc4C3=O)[C@H]2C(=O)N1c1ccc(-c2ccccc2)cc1. The number of Topliss-reactive ketones (excluding diaryl/α,β-unsaturated/α-hetero) is 2. The smallest absolute Gasteiger partial charge is 0.241 e. The van der Waals surface area contributed by atoms with E-state index in [9.17, 15) is 19.2 Å². The second-order valence-electron chi connectivity index (χ2n) is 9.82. The van der Waals surface area contributed by atoms with Gasteiger partial charge in [-0.1, -0.05) is 97.1 Å². The fraction of sp³-hybridized carbons (Fsp3) is 0.125. The summed E-state index contributed by atoms with van der Waals surface area (Å²) < 4.78 is 6.30. The molecule has 2 aliphatic heterocycles. The Hall–Kier alpha value is -4.68. The molecule has 3 atom stereocenters. The summed E-state index contributed by atoms with van der Waals surface area (Å²) in [6, 6.07) is 32.4. The molecule has 4 aromatic carbocycles. The van der Waals surface area contributed by atoms with E-state index in [4.69, 9.17) is 4.74 Å². The number of carbonyl (C=O) groups is 4. The van der Waals surface area contributed by atoms with Gasteiger partial charge in [0.15, 0.2) is 0 Å². The van der Waals surface area contributed by atoms with Gasteiger partial charge in [-0.3, -0.25) is 19.2 Å². The van der Waals surface area contributed by atoms with Gasteiger partial charge in [0, 0.05) is 11.1 Å². The van der Waals surface area contributed by atoms with E-state index in [0.717, 1.165) is 16.0 Å². The maximum absolute atomic E-state index is 14.1. The molecule has 2 fully saturated rings. The van der Waals surface area contributed by atoms with Crippen molar-refractivity contribution < 1.29 is 23.9 Å². The Bertz CT molecular complexity index is 1590. The number of amides is 2. The zero-order valence-corrected chi connectivity index (χ0v) is 20.1. The lowest BCUT2D eigenvalue weighted by molar-refractivity contribution is -0.127. The summed E-state index contributed by atoms with van der Waals surface area (Å²) in [6.07, 6.45) is -0.923. The second-order valence-corrected chi connectivity index (χ2v) is 9.82. The molecule has 2 amide bonds. The van der Waals surface area contributed by atoms with E-state index in [1.54, 1.807) is 60.7 Å². The minimum Gasteiger partial charge on any atom is -0.349 e. The summed E-state index contributed by atoms with van der Waals surface area (Å²) in [5.41, 5.74) is 1.34. The molecule has 0 unspecified atom stereocenters. The van der Waals surface area contributed by atoms with Crippen LogP contribution in [0.15, 0.2) is 109 Å². The number of ketones is 2. The third kappa shape index (κ3) is 2.92. The molecular formula is C32H21NO5. The van der Waals surface area contributed by atoms with Crippen molar-refractivity contribution in [1.29, 1.82) is 0 Å². The molecular weight excluding hydrogens is 478 g/mol. The largest absolute Gasteiger partial charge is 0.349 e. The number of imide groups is 1. The van der Waals surface area contributed by atoms with Crippen molar-refractivity contribution in [2.75, 3.05) is 4.90 Å². The predicted molar refractivity (Wildman–Crippen MR) is 139 cm³/mol. The van der Waals surface area contributed by atoms with Gasteiger partial charge in [0.25, 0.3) is 0 Å². The Morgan fingerprint density at radius 2 is 1.11 bits per heavy atom. The van der Waals surface area contributed by atoms with Crippen LogP contribution in [-0.2, 0) is 14.3 Å². The molecule has 38 heavy (non-hydrogen) atoms. The summed E-state index contributed by atoms with van der Waals surface area (Å²) in [7, 11) is 0. The standard InChI is InChI=1S/C32H21NO5/c34-28-23-13-7-8-14-24(23)29(35)32(28)26-25(27(38-32)21-11-5-2-6-12-21)30(36)33(31(26)37)22-17-15-20(16-18-22)19-9-3-1-4-10-19/h1-18,25-27H/t25-,26-,27+/m1/s1. The maximum atomic E-state index is 14.1. The van der Waals surface area contributed by atoms with Crippen LogP contribution < -0.4 is 4.90 Å². The van der Waals surface area contributed by atoms with E-state index in [1.807, 2.05) is 48.5 Å². The summed E-state index contributed by atoms with van der Waals surface area (Å²) in [5.74, 6) is -4.47. The van der Waals surface area contributed by atoms with Crippen LogP contribution in [0.5, 0.6) is 0 Å². The van der Waals surface area contributed by atoms with Gasteiger partial charge in [0.05, 0.1) is 23.6 Å².